The molecule has 1 aliphatic carbocycles. The normalized spacial score (nSPS) is 25.2. The van der Waals surface area contributed by atoms with Crippen LogP contribution in [-0.4, -0.2) is 23.7 Å². The Morgan fingerprint density at radius 1 is 1.47 bits per heavy atom. The molecule has 0 saturated carbocycles. The zero-order chi connectivity index (χ0) is 12.8. The molecule has 1 amide bonds. The highest BCUT2D eigenvalue weighted by Gasteiger charge is 2.25. The van der Waals surface area contributed by atoms with Gasteiger partial charge in [-0.15, -0.1) is 0 Å². The van der Waals surface area contributed by atoms with Gasteiger partial charge < -0.3 is 10.4 Å². The van der Waals surface area contributed by atoms with Gasteiger partial charge in [-0.05, 0) is 18.8 Å². The van der Waals surface area contributed by atoms with Crippen molar-refractivity contribution in [2.75, 3.05) is 6.61 Å². The summed E-state index contributed by atoms with van der Waals surface area (Å²) in [6.45, 7) is 6.48. The van der Waals surface area contributed by atoms with E-state index in [0.29, 0.717) is 5.92 Å². The van der Waals surface area contributed by atoms with Crippen molar-refractivity contribution in [3.05, 3.63) is 12.2 Å². The van der Waals surface area contributed by atoms with E-state index in [4.69, 9.17) is 5.11 Å². The minimum absolute atomic E-state index is 0.109. The van der Waals surface area contributed by atoms with Gasteiger partial charge in [0.15, 0.2) is 0 Å². The van der Waals surface area contributed by atoms with Crippen LogP contribution in [0.2, 0.25) is 0 Å². The van der Waals surface area contributed by atoms with Gasteiger partial charge in [-0.1, -0.05) is 39.3 Å². The molecule has 0 aromatic heterocycles. The summed E-state index contributed by atoms with van der Waals surface area (Å²) >= 11 is 0. The quantitative estimate of drug-likeness (QED) is 0.697. The van der Waals surface area contributed by atoms with Crippen molar-refractivity contribution in [1.82, 2.24) is 5.32 Å². The molecule has 0 saturated heterocycles. The summed E-state index contributed by atoms with van der Waals surface area (Å²) in [5.41, 5.74) is 0. The Balaban J connectivity index is 2.45. The van der Waals surface area contributed by atoms with Crippen LogP contribution in [0.5, 0.6) is 0 Å². The van der Waals surface area contributed by atoms with Crippen LogP contribution in [0.15, 0.2) is 12.2 Å². The van der Waals surface area contributed by atoms with Crippen LogP contribution in [-0.2, 0) is 4.79 Å². The topological polar surface area (TPSA) is 49.3 Å². The summed E-state index contributed by atoms with van der Waals surface area (Å²) in [5.74, 6) is 0.870. The highest BCUT2D eigenvalue weighted by molar-refractivity contribution is 5.79. The fourth-order valence-corrected chi connectivity index (χ4v) is 2.38. The van der Waals surface area contributed by atoms with Crippen molar-refractivity contribution in [3.63, 3.8) is 0 Å². The third-order valence-corrected chi connectivity index (χ3v) is 3.48. The Bertz CT molecular complexity index is 273. The number of carbonyl (C=O) groups is 1. The molecular weight excluding hydrogens is 214 g/mol. The van der Waals surface area contributed by atoms with E-state index in [9.17, 15) is 4.79 Å². The number of hydrogen-bond donors (Lipinski definition) is 2. The van der Waals surface area contributed by atoms with Crippen molar-refractivity contribution in [2.24, 2.45) is 17.8 Å². The average molecular weight is 239 g/mol. The number of nitrogens with one attached hydrogen (secondary N) is 1. The number of carbonyl (C=O) groups excluding carboxylic acids is 1. The van der Waals surface area contributed by atoms with Gasteiger partial charge in [0.05, 0.1) is 0 Å². The van der Waals surface area contributed by atoms with Crippen molar-refractivity contribution >= 4 is 5.91 Å². The fraction of sp³-hybridized carbons (Fsp3) is 0.786. The average Bonchev–Trinajstić information content (AvgIpc) is 2.72. The van der Waals surface area contributed by atoms with E-state index in [-0.39, 0.29) is 30.4 Å². The second-order valence-corrected chi connectivity index (χ2v) is 5.32. The number of amides is 1. The summed E-state index contributed by atoms with van der Waals surface area (Å²) < 4.78 is 0. The third kappa shape index (κ3) is 4.15. The fourth-order valence-electron chi connectivity index (χ4n) is 2.38. The lowest BCUT2D eigenvalue weighted by atomic mass is 9.90. The molecule has 98 valence electrons. The minimum Gasteiger partial charge on any atom is -0.396 e. The van der Waals surface area contributed by atoms with Gasteiger partial charge >= 0.3 is 0 Å². The number of hydrogen-bond acceptors (Lipinski definition) is 2. The highest BCUT2D eigenvalue weighted by Crippen LogP contribution is 2.20. The molecule has 0 radical (unpaired) electrons. The van der Waals surface area contributed by atoms with Crippen LogP contribution in [0.25, 0.3) is 0 Å². The zero-order valence-corrected chi connectivity index (χ0v) is 11.1. The molecule has 2 N–H and O–H groups in total. The third-order valence-electron chi connectivity index (χ3n) is 3.48. The summed E-state index contributed by atoms with van der Waals surface area (Å²) in [6, 6.07) is 0.109. The molecule has 0 bridgehead atoms. The largest absolute Gasteiger partial charge is 0.396 e. The zero-order valence-electron chi connectivity index (χ0n) is 11.1. The molecule has 3 heteroatoms. The van der Waals surface area contributed by atoms with Crippen LogP contribution < -0.4 is 5.32 Å². The Labute approximate surface area is 104 Å². The predicted octanol–water partition coefficient (Wildman–Crippen LogP) is 2.11. The number of rotatable bonds is 6. The molecule has 17 heavy (non-hydrogen) atoms. The van der Waals surface area contributed by atoms with Gasteiger partial charge in [0.1, 0.15) is 0 Å². The second-order valence-electron chi connectivity index (χ2n) is 5.32. The standard InChI is InChI=1S/C14H25NO2/c1-4-5-13(10(2)3)14(17)15-12-7-6-11(8-12)9-16/h6-7,10-13,16H,4-5,8-9H2,1-3H3,(H,15,17)/t11-,12+,13?/m0/s1. The van der Waals surface area contributed by atoms with Crippen molar-refractivity contribution < 1.29 is 9.90 Å². The first kappa shape index (κ1) is 14.2. The first-order chi connectivity index (χ1) is 8.08. The molecular formula is C14H25NO2. The lowest BCUT2D eigenvalue weighted by molar-refractivity contribution is -0.127. The van der Waals surface area contributed by atoms with E-state index in [2.05, 4.69) is 26.1 Å². The first-order valence-electron chi connectivity index (χ1n) is 6.68. The van der Waals surface area contributed by atoms with E-state index in [1.165, 1.54) is 0 Å². The maximum absolute atomic E-state index is 12.1. The summed E-state index contributed by atoms with van der Waals surface area (Å²) in [6.07, 6.45) is 6.82. The summed E-state index contributed by atoms with van der Waals surface area (Å²) in [7, 11) is 0. The first-order valence-corrected chi connectivity index (χ1v) is 6.68. The second kappa shape index (κ2) is 6.80. The Morgan fingerprint density at radius 3 is 2.65 bits per heavy atom. The van der Waals surface area contributed by atoms with Gasteiger partial charge in [0.2, 0.25) is 5.91 Å². The Hall–Kier alpha value is -0.830. The van der Waals surface area contributed by atoms with Crippen molar-refractivity contribution in [2.45, 2.75) is 46.1 Å². The van der Waals surface area contributed by atoms with Gasteiger partial charge in [0.25, 0.3) is 0 Å². The van der Waals surface area contributed by atoms with Crippen LogP contribution >= 0.6 is 0 Å². The molecule has 0 spiro atoms. The number of aliphatic hydroxyl groups is 1. The molecule has 1 unspecified atom stereocenters. The SMILES string of the molecule is CCCC(C(=O)N[C@@H]1C=C[C@H](CO)C1)C(C)C. The molecule has 1 rings (SSSR count). The monoisotopic (exact) mass is 239 g/mol. The lowest BCUT2D eigenvalue weighted by Crippen LogP contribution is -2.39. The number of aliphatic hydroxyl groups excluding tert-OH is 1. The maximum Gasteiger partial charge on any atom is 0.223 e. The van der Waals surface area contributed by atoms with E-state index in [1.807, 2.05) is 12.2 Å². The molecule has 0 heterocycles. The van der Waals surface area contributed by atoms with Crippen molar-refractivity contribution in [3.8, 4) is 0 Å². The molecule has 3 atom stereocenters. The van der Waals surface area contributed by atoms with Gasteiger partial charge in [-0.25, -0.2) is 0 Å². The Kier molecular flexibility index (Phi) is 5.69. The molecule has 0 aliphatic heterocycles. The van der Waals surface area contributed by atoms with E-state index >= 15 is 0 Å². The summed E-state index contributed by atoms with van der Waals surface area (Å²) in [4.78, 5) is 12.1. The Morgan fingerprint density at radius 2 is 2.18 bits per heavy atom. The molecule has 0 fully saturated rings. The molecule has 3 nitrogen and oxygen atoms in total. The minimum atomic E-state index is 0.109. The van der Waals surface area contributed by atoms with Crippen molar-refractivity contribution in [1.29, 1.82) is 0 Å². The molecule has 1 aliphatic rings. The molecule has 0 aromatic carbocycles. The van der Waals surface area contributed by atoms with Gasteiger partial charge in [-0.3, -0.25) is 4.79 Å². The van der Waals surface area contributed by atoms with Crippen LogP contribution in [0.1, 0.15) is 40.0 Å². The predicted molar refractivity (Wildman–Crippen MR) is 69.5 cm³/mol. The smallest absolute Gasteiger partial charge is 0.223 e. The van der Waals surface area contributed by atoms with Gasteiger partial charge in [0, 0.05) is 24.5 Å². The molecule has 0 aromatic rings. The van der Waals surface area contributed by atoms with Crippen LogP contribution in [0.4, 0.5) is 0 Å². The summed E-state index contributed by atoms with van der Waals surface area (Å²) in [5, 5.41) is 12.1. The van der Waals surface area contributed by atoms with E-state index in [0.717, 1.165) is 19.3 Å². The van der Waals surface area contributed by atoms with Crippen LogP contribution in [0.3, 0.4) is 0 Å². The van der Waals surface area contributed by atoms with E-state index in [1.54, 1.807) is 0 Å². The van der Waals surface area contributed by atoms with E-state index < -0.39 is 0 Å². The van der Waals surface area contributed by atoms with Gasteiger partial charge in [-0.2, -0.15) is 0 Å². The highest BCUT2D eigenvalue weighted by atomic mass is 16.3. The van der Waals surface area contributed by atoms with Crippen LogP contribution in [0, 0.1) is 17.8 Å². The maximum atomic E-state index is 12.1. The lowest BCUT2D eigenvalue weighted by Gasteiger charge is -2.22.